The molecule has 0 fully saturated rings. The van der Waals surface area contributed by atoms with Crippen molar-refractivity contribution in [3.05, 3.63) is 59.7 Å². The second kappa shape index (κ2) is 6.76. The molecule has 0 aliphatic carbocycles. The van der Waals surface area contributed by atoms with Gasteiger partial charge >= 0.3 is 0 Å². The van der Waals surface area contributed by atoms with E-state index in [1.807, 2.05) is 24.3 Å². The predicted molar refractivity (Wildman–Crippen MR) is 80.4 cm³/mol. The molecule has 1 atom stereocenters. The number of para-hydroxylation sites is 1. The minimum Gasteiger partial charge on any atom is -0.497 e. The number of carbonyl (C=O) groups excluding carboxylic acids is 1. The van der Waals surface area contributed by atoms with Crippen LogP contribution in [0.1, 0.15) is 22.0 Å². The molecular weight excluding hydrogens is 268 g/mol. The van der Waals surface area contributed by atoms with Crippen LogP contribution in [-0.4, -0.2) is 19.6 Å². The van der Waals surface area contributed by atoms with E-state index in [9.17, 15) is 4.79 Å². The maximum atomic E-state index is 11.4. The number of methoxy groups -OCH3 is 1. The molecule has 0 radical (unpaired) electrons. The number of rotatable bonds is 6. The summed E-state index contributed by atoms with van der Waals surface area (Å²) in [6.45, 7) is 0.277. The molecule has 0 spiro atoms. The molecule has 2 aromatic carbocycles. The molecule has 4 N–H and O–H groups in total. The predicted octanol–water partition coefficient (Wildman–Crippen LogP) is 1.87. The van der Waals surface area contributed by atoms with Crippen molar-refractivity contribution >= 4 is 5.91 Å². The third kappa shape index (κ3) is 3.52. The number of nitrogens with two attached hydrogens (primary N) is 2. The summed E-state index contributed by atoms with van der Waals surface area (Å²) in [6.07, 6.45) is -0.364. The zero-order valence-corrected chi connectivity index (χ0v) is 11.8. The summed E-state index contributed by atoms with van der Waals surface area (Å²) in [7, 11) is 1.61. The Balaban J connectivity index is 2.24. The van der Waals surface area contributed by atoms with Crippen LogP contribution in [-0.2, 0) is 0 Å². The Morgan fingerprint density at radius 2 is 1.81 bits per heavy atom. The molecule has 5 nitrogen and oxygen atoms in total. The van der Waals surface area contributed by atoms with Crippen LogP contribution in [0.4, 0.5) is 0 Å². The van der Waals surface area contributed by atoms with Gasteiger partial charge in [0.05, 0.1) is 12.7 Å². The summed E-state index contributed by atoms with van der Waals surface area (Å²) in [5, 5.41) is 0. The number of benzene rings is 2. The normalized spacial score (nSPS) is 11.7. The summed E-state index contributed by atoms with van der Waals surface area (Å²) in [6, 6.07) is 14.3. The van der Waals surface area contributed by atoms with Crippen molar-refractivity contribution in [2.45, 2.75) is 6.10 Å². The van der Waals surface area contributed by atoms with Crippen molar-refractivity contribution in [1.29, 1.82) is 0 Å². The quantitative estimate of drug-likeness (QED) is 0.848. The molecule has 0 saturated heterocycles. The highest BCUT2D eigenvalue weighted by molar-refractivity contribution is 5.95. The number of amides is 1. The van der Waals surface area contributed by atoms with Gasteiger partial charge in [0.15, 0.2) is 0 Å². The third-order valence-corrected chi connectivity index (χ3v) is 3.12. The highest BCUT2D eigenvalue weighted by Gasteiger charge is 2.15. The highest BCUT2D eigenvalue weighted by atomic mass is 16.5. The standard InChI is InChI=1S/C16H18N2O3/c1-20-12-8-6-11(7-9-12)15(10-17)21-14-5-3-2-4-13(14)16(18)19/h2-9,15H,10,17H2,1H3,(H2,18,19). The smallest absolute Gasteiger partial charge is 0.252 e. The van der Waals surface area contributed by atoms with Crippen molar-refractivity contribution in [3.8, 4) is 11.5 Å². The van der Waals surface area contributed by atoms with E-state index in [0.717, 1.165) is 11.3 Å². The van der Waals surface area contributed by atoms with Crippen molar-refractivity contribution in [2.24, 2.45) is 11.5 Å². The van der Waals surface area contributed by atoms with E-state index in [0.29, 0.717) is 11.3 Å². The van der Waals surface area contributed by atoms with E-state index in [1.54, 1.807) is 31.4 Å². The third-order valence-electron chi connectivity index (χ3n) is 3.12. The van der Waals surface area contributed by atoms with Gasteiger partial charge in [0.2, 0.25) is 0 Å². The minimum absolute atomic E-state index is 0.277. The van der Waals surface area contributed by atoms with Gasteiger partial charge in [-0.2, -0.15) is 0 Å². The van der Waals surface area contributed by atoms with Crippen molar-refractivity contribution in [3.63, 3.8) is 0 Å². The maximum Gasteiger partial charge on any atom is 0.252 e. The molecule has 21 heavy (non-hydrogen) atoms. The number of primary amides is 1. The van der Waals surface area contributed by atoms with Gasteiger partial charge in [0.1, 0.15) is 17.6 Å². The van der Waals surface area contributed by atoms with Gasteiger partial charge < -0.3 is 20.9 Å². The van der Waals surface area contributed by atoms with Crippen LogP contribution in [0.2, 0.25) is 0 Å². The molecule has 0 aliphatic rings. The maximum absolute atomic E-state index is 11.4. The van der Waals surface area contributed by atoms with Crippen molar-refractivity contribution in [1.82, 2.24) is 0 Å². The fourth-order valence-electron chi connectivity index (χ4n) is 2.00. The first-order valence-electron chi connectivity index (χ1n) is 6.55. The average Bonchev–Trinajstić information content (AvgIpc) is 2.53. The Morgan fingerprint density at radius 1 is 1.14 bits per heavy atom. The lowest BCUT2D eigenvalue weighted by atomic mass is 10.1. The molecule has 2 aromatic rings. The first kappa shape index (κ1) is 14.9. The number of hydrogen-bond acceptors (Lipinski definition) is 4. The summed E-state index contributed by atoms with van der Waals surface area (Å²) >= 11 is 0. The summed E-state index contributed by atoms with van der Waals surface area (Å²) in [4.78, 5) is 11.4. The lowest BCUT2D eigenvalue weighted by molar-refractivity contribution is 0.0993. The SMILES string of the molecule is COc1ccc(C(CN)Oc2ccccc2C(N)=O)cc1. The van der Waals surface area contributed by atoms with Gasteiger partial charge in [-0.25, -0.2) is 0 Å². The van der Waals surface area contributed by atoms with Gasteiger partial charge in [-0.3, -0.25) is 4.79 Å². The van der Waals surface area contributed by atoms with E-state index < -0.39 is 5.91 Å². The Hall–Kier alpha value is -2.53. The van der Waals surface area contributed by atoms with Crippen LogP contribution >= 0.6 is 0 Å². The van der Waals surface area contributed by atoms with Gasteiger partial charge in [-0.1, -0.05) is 24.3 Å². The van der Waals surface area contributed by atoms with Crippen LogP contribution in [0.15, 0.2) is 48.5 Å². The fraction of sp³-hybridized carbons (Fsp3) is 0.188. The average molecular weight is 286 g/mol. The van der Waals surface area contributed by atoms with Crippen molar-refractivity contribution in [2.75, 3.05) is 13.7 Å². The Morgan fingerprint density at radius 3 is 2.38 bits per heavy atom. The molecule has 1 unspecified atom stereocenters. The van der Waals surface area contributed by atoms with Gasteiger partial charge in [0, 0.05) is 6.54 Å². The van der Waals surface area contributed by atoms with E-state index in [2.05, 4.69) is 0 Å². The van der Waals surface area contributed by atoms with E-state index >= 15 is 0 Å². The molecule has 0 aromatic heterocycles. The van der Waals surface area contributed by atoms with E-state index in [4.69, 9.17) is 20.9 Å². The lowest BCUT2D eigenvalue weighted by Crippen LogP contribution is -2.20. The van der Waals surface area contributed by atoms with Crippen LogP contribution in [0.3, 0.4) is 0 Å². The number of carbonyl (C=O) groups is 1. The first-order valence-corrected chi connectivity index (χ1v) is 6.55. The minimum atomic E-state index is -0.531. The molecule has 0 heterocycles. The topological polar surface area (TPSA) is 87.6 Å². The molecule has 2 rings (SSSR count). The molecule has 0 saturated carbocycles. The molecule has 0 aliphatic heterocycles. The summed E-state index contributed by atoms with van der Waals surface area (Å²) < 4.78 is 11.0. The molecule has 1 amide bonds. The van der Waals surface area contributed by atoms with E-state index in [-0.39, 0.29) is 12.6 Å². The first-order chi connectivity index (χ1) is 10.2. The fourth-order valence-corrected chi connectivity index (χ4v) is 2.00. The highest BCUT2D eigenvalue weighted by Crippen LogP contribution is 2.25. The second-order valence-corrected chi connectivity index (χ2v) is 4.48. The zero-order chi connectivity index (χ0) is 15.2. The van der Waals surface area contributed by atoms with Crippen LogP contribution in [0, 0.1) is 0 Å². The largest absolute Gasteiger partial charge is 0.497 e. The van der Waals surface area contributed by atoms with Gasteiger partial charge in [0.25, 0.3) is 5.91 Å². The van der Waals surface area contributed by atoms with Crippen LogP contribution in [0.25, 0.3) is 0 Å². The Bertz CT molecular complexity index is 611. The van der Waals surface area contributed by atoms with E-state index in [1.165, 1.54) is 0 Å². The van der Waals surface area contributed by atoms with Crippen molar-refractivity contribution < 1.29 is 14.3 Å². The monoisotopic (exact) mass is 286 g/mol. The van der Waals surface area contributed by atoms with Crippen LogP contribution < -0.4 is 20.9 Å². The summed E-state index contributed by atoms with van der Waals surface area (Å²) in [5.41, 5.74) is 12.4. The Kier molecular flexibility index (Phi) is 4.79. The molecule has 110 valence electrons. The lowest BCUT2D eigenvalue weighted by Gasteiger charge is -2.19. The van der Waals surface area contributed by atoms with Crippen LogP contribution in [0.5, 0.6) is 11.5 Å². The molecule has 0 bridgehead atoms. The number of hydrogen-bond donors (Lipinski definition) is 2. The van der Waals surface area contributed by atoms with Gasteiger partial charge in [-0.15, -0.1) is 0 Å². The summed E-state index contributed by atoms with van der Waals surface area (Å²) in [5.74, 6) is 0.652. The van der Waals surface area contributed by atoms with Gasteiger partial charge in [-0.05, 0) is 29.8 Å². The Labute approximate surface area is 123 Å². The number of ether oxygens (including phenoxy) is 2. The molecule has 5 heteroatoms. The zero-order valence-electron chi connectivity index (χ0n) is 11.8. The second-order valence-electron chi connectivity index (χ2n) is 4.48. The molecular formula is C16H18N2O3.